The number of rotatable bonds is 1. The molecule has 1 aromatic carbocycles. The molecule has 0 spiro atoms. The largest absolute Gasteiger partial charge is 0.359 e. The van der Waals surface area contributed by atoms with Crippen LogP contribution in [0.1, 0.15) is 17.5 Å². The lowest BCUT2D eigenvalue weighted by Crippen LogP contribution is -2.09. The van der Waals surface area contributed by atoms with Gasteiger partial charge in [-0.05, 0) is 36.1 Å². The van der Waals surface area contributed by atoms with Crippen molar-refractivity contribution in [1.29, 1.82) is 5.41 Å². The Morgan fingerprint density at radius 3 is 3.00 bits per heavy atom. The van der Waals surface area contributed by atoms with E-state index in [1.807, 2.05) is 12.1 Å². The fraction of sp³-hybridized carbons (Fsp3) is 0.182. The molecule has 13 heavy (non-hydrogen) atoms. The molecule has 2 heteroatoms. The summed E-state index contributed by atoms with van der Waals surface area (Å²) in [5.41, 5.74) is 4.47. The van der Waals surface area contributed by atoms with Crippen LogP contribution >= 0.6 is 0 Å². The molecular formula is C11H12N2. The number of nitrogens with one attached hydrogen (secondary N) is 2. The van der Waals surface area contributed by atoms with Gasteiger partial charge in [0, 0.05) is 17.6 Å². The zero-order chi connectivity index (χ0) is 9.26. The molecule has 0 unspecified atom stereocenters. The molecule has 1 heterocycles. The summed E-state index contributed by atoms with van der Waals surface area (Å²) in [5.74, 6) is 0. The van der Waals surface area contributed by atoms with Gasteiger partial charge in [-0.25, -0.2) is 0 Å². The van der Waals surface area contributed by atoms with Crippen LogP contribution in [0.15, 0.2) is 30.5 Å². The number of benzene rings is 1. The van der Waals surface area contributed by atoms with Gasteiger partial charge in [-0.2, -0.15) is 0 Å². The van der Waals surface area contributed by atoms with Gasteiger partial charge in [0.05, 0.1) is 0 Å². The number of fused-ring (bicyclic) bond motifs is 1. The first kappa shape index (κ1) is 8.05. The third-order valence-electron chi connectivity index (χ3n) is 2.30. The number of hydrogen-bond donors (Lipinski definition) is 2. The second-order valence-electron chi connectivity index (χ2n) is 3.29. The van der Waals surface area contributed by atoms with Gasteiger partial charge in [0.25, 0.3) is 0 Å². The second-order valence-corrected chi connectivity index (χ2v) is 3.29. The van der Waals surface area contributed by atoms with E-state index in [0.29, 0.717) is 0 Å². The average Bonchev–Trinajstić information content (AvgIpc) is 2.17. The van der Waals surface area contributed by atoms with Gasteiger partial charge in [-0.15, -0.1) is 0 Å². The maximum absolute atomic E-state index is 7.14. The van der Waals surface area contributed by atoms with Crippen LogP contribution in [0.4, 0.5) is 5.69 Å². The molecule has 0 aromatic heterocycles. The summed E-state index contributed by atoms with van der Waals surface area (Å²) in [7, 11) is 0. The van der Waals surface area contributed by atoms with E-state index >= 15 is 0 Å². The van der Waals surface area contributed by atoms with Gasteiger partial charge in [0.15, 0.2) is 0 Å². The van der Waals surface area contributed by atoms with Crippen molar-refractivity contribution in [3.63, 3.8) is 0 Å². The predicted molar refractivity (Wildman–Crippen MR) is 55.4 cm³/mol. The van der Waals surface area contributed by atoms with Crippen molar-refractivity contribution in [3.8, 4) is 0 Å². The summed E-state index contributed by atoms with van der Waals surface area (Å²) in [6.07, 6.45) is 3.40. The van der Waals surface area contributed by atoms with E-state index in [1.54, 1.807) is 0 Å². The Balaban J connectivity index is 2.42. The molecule has 0 bridgehead atoms. The quantitative estimate of drug-likeness (QED) is 0.627. The van der Waals surface area contributed by atoms with Gasteiger partial charge >= 0.3 is 0 Å². The first-order chi connectivity index (χ1) is 6.29. The van der Waals surface area contributed by atoms with Crippen molar-refractivity contribution in [2.45, 2.75) is 12.8 Å². The number of anilines is 1. The molecule has 2 nitrogen and oxygen atoms in total. The molecule has 2 N–H and O–H groups in total. The fourth-order valence-corrected chi connectivity index (χ4v) is 1.57. The molecule has 1 aliphatic heterocycles. The normalized spacial score (nSPS) is 14.6. The minimum absolute atomic E-state index is 0.966. The first-order valence-corrected chi connectivity index (χ1v) is 4.38. The van der Waals surface area contributed by atoms with E-state index in [-0.39, 0.29) is 0 Å². The monoisotopic (exact) mass is 172 g/mol. The number of aryl methyl sites for hydroxylation is 1. The standard InChI is InChI=1S/C11H12N2/c1-8-2-4-10-6-9(7-12)3-5-11(10)13-8/h3,5-7,12-13H,1-2,4H2. The highest BCUT2D eigenvalue weighted by molar-refractivity contribution is 5.79. The van der Waals surface area contributed by atoms with Gasteiger partial charge in [-0.1, -0.05) is 12.6 Å². The third-order valence-corrected chi connectivity index (χ3v) is 2.30. The summed E-state index contributed by atoms with van der Waals surface area (Å²) in [6, 6.07) is 6.01. The third kappa shape index (κ3) is 1.47. The van der Waals surface area contributed by atoms with Crippen LogP contribution in [0.3, 0.4) is 0 Å². The van der Waals surface area contributed by atoms with E-state index in [2.05, 4.69) is 18.0 Å². The lowest BCUT2D eigenvalue weighted by atomic mass is 10.00. The van der Waals surface area contributed by atoms with Crippen LogP contribution in [0, 0.1) is 5.41 Å². The summed E-state index contributed by atoms with van der Waals surface area (Å²) in [5, 5.41) is 10.4. The molecule has 0 saturated carbocycles. The highest BCUT2D eigenvalue weighted by Crippen LogP contribution is 2.26. The van der Waals surface area contributed by atoms with E-state index in [1.165, 1.54) is 11.8 Å². The molecule has 0 fully saturated rings. The topological polar surface area (TPSA) is 35.9 Å². The van der Waals surface area contributed by atoms with E-state index in [9.17, 15) is 0 Å². The SMILES string of the molecule is C=C1CCc2cc(C=N)ccc2N1. The summed E-state index contributed by atoms with van der Waals surface area (Å²) in [6.45, 7) is 3.90. The Morgan fingerprint density at radius 2 is 2.23 bits per heavy atom. The van der Waals surface area contributed by atoms with Crippen LogP contribution in [0.25, 0.3) is 0 Å². The molecule has 0 radical (unpaired) electrons. The summed E-state index contributed by atoms with van der Waals surface area (Å²) < 4.78 is 0. The highest BCUT2D eigenvalue weighted by Gasteiger charge is 2.10. The van der Waals surface area contributed by atoms with Gasteiger partial charge < -0.3 is 10.7 Å². The van der Waals surface area contributed by atoms with Crippen LogP contribution in [0.2, 0.25) is 0 Å². The molecule has 1 aromatic rings. The Kier molecular flexibility index (Phi) is 1.89. The number of allylic oxidation sites excluding steroid dienone is 1. The average molecular weight is 172 g/mol. The predicted octanol–water partition coefficient (Wildman–Crippen LogP) is 2.56. The van der Waals surface area contributed by atoms with Crippen molar-refractivity contribution < 1.29 is 0 Å². The summed E-state index contributed by atoms with van der Waals surface area (Å²) >= 11 is 0. The van der Waals surface area contributed by atoms with Crippen molar-refractivity contribution in [1.82, 2.24) is 0 Å². The maximum Gasteiger partial charge on any atom is 0.0414 e. The fourth-order valence-electron chi connectivity index (χ4n) is 1.57. The Morgan fingerprint density at radius 1 is 1.38 bits per heavy atom. The van der Waals surface area contributed by atoms with Crippen LogP contribution in [0.5, 0.6) is 0 Å². The molecule has 1 aliphatic rings. The molecule has 0 amide bonds. The van der Waals surface area contributed by atoms with Gasteiger partial charge in [0.2, 0.25) is 0 Å². The van der Waals surface area contributed by atoms with Crippen LogP contribution < -0.4 is 5.32 Å². The zero-order valence-electron chi connectivity index (χ0n) is 7.43. The molecule has 0 aliphatic carbocycles. The zero-order valence-corrected chi connectivity index (χ0v) is 7.43. The smallest absolute Gasteiger partial charge is 0.0414 e. The maximum atomic E-state index is 7.14. The lowest BCUT2D eigenvalue weighted by Gasteiger charge is -2.20. The molecular weight excluding hydrogens is 160 g/mol. The molecule has 2 rings (SSSR count). The lowest BCUT2D eigenvalue weighted by molar-refractivity contribution is 0.918. The number of hydrogen-bond acceptors (Lipinski definition) is 2. The van der Waals surface area contributed by atoms with Crippen LogP contribution in [-0.2, 0) is 6.42 Å². The minimum atomic E-state index is 0.966. The van der Waals surface area contributed by atoms with E-state index in [4.69, 9.17) is 5.41 Å². The molecule has 66 valence electrons. The van der Waals surface area contributed by atoms with Crippen molar-refractivity contribution in [2.24, 2.45) is 0 Å². The van der Waals surface area contributed by atoms with Crippen LogP contribution in [-0.4, -0.2) is 6.21 Å². The minimum Gasteiger partial charge on any atom is -0.359 e. The molecule has 0 atom stereocenters. The first-order valence-electron chi connectivity index (χ1n) is 4.38. The highest BCUT2D eigenvalue weighted by atomic mass is 14.9. The Bertz CT molecular complexity index is 366. The Labute approximate surface area is 77.8 Å². The van der Waals surface area contributed by atoms with E-state index in [0.717, 1.165) is 29.8 Å². The Hall–Kier alpha value is -1.57. The van der Waals surface area contributed by atoms with Crippen molar-refractivity contribution in [2.75, 3.05) is 5.32 Å². The molecule has 0 saturated heterocycles. The van der Waals surface area contributed by atoms with Crippen molar-refractivity contribution >= 4 is 11.9 Å². The second kappa shape index (κ2) is 3.05. The van der Waals surface area contributed by atoms with Gasteiger partial charge in [-0.3, -0.25) is 0 Å². The van der Waals surface area contributed by atoms with Gasteiger partial charge in [0.1, 0.15) is 0 Å². The van der Waals surface area contributed by atoms with E-state index < -0.39 is 0 Å². The van der Waals surface area contributed by atoms with Crippen molar-refractivity contribution in [3.05, 3.63) is 41.6 Å². The summed E-state index contributed by atoms with van der Waals surface area (Å²) in [4.78, 5) is 0.